The van der Waals surface area contributed by atoms with Crippen molar-refractivity contribution in [3.63, 3.8) is 0 Å². The van der Waals surface area contributed by atoms with Crippen molar-refractivity contribution in [3.8, 4) is 0 Å². The van der Waals surface area contributed by atoms with Gasteiger partial charge in [0.25, 0.3) is 5.91 Å². The molecule has 0 bridgehead atoms. The molecule has 1 heterocycles. The van der Waals surface area contributed by atoms with E-state index in [4.69, 9.17) is 16.3 Å². The normalized spacial score (nSPS) is 11.7. The number of halogens is 1. The highest BCUT2D eigenvalue weighted by Crippen LogP contribution is 2.13. The maximum Gasteiger partial charge on any atom is 0.338 e. The van der Waals surface area contributed by atoms with Gasteiger partial charge in [-0.25, -0.2) is 9.78 Å². The molecule has 120 valence electrons. The van der Waals surface area contributed by atoms with E-state index < -0.39 is 18.0 Å². The van der Waals surface area contributed by atoms with Crippen LogP contribution in [0.1, 0.15) is 28.4 Å². The van der Waals surface area contributed by atoms with Crippen LogP contribution in [0.4, 0.5) is 5.82 Å². The van der Waals surface area contributed by atoms with Crippen molar-refractivity contribution < 1.29 is 14.3 Å². The predicted molar refractivity (Wildman–Crippen MR) is 88.7 cm³/mol. The second-order valence-electron chi connectivity index (χ2n) is 5.27. The van der Waals surface area contributed by atoms with Gasteiger partial charge < -0.3 is 10.1 Å². The molecule has 1 N–H and O–H groups in total. The molecule has 1 atom stereocenters. The van der Waals surface area contributed by atoms with E-state index in [-0.39, 0.29) is 0 Å². The van der Waals surface area contributed by atoms with Gasteiger partial charge in [-0.05, 0) is 45.0 Å². The molecule has 2 rings (SSSR count). The monoisotopic (exact) mass is 332 g/mol. The van der Waals surface area contributed by atoms with E-state index in [0.29, 0.717) is 16.4 Å². The SMILES string of the molecule is Cc1cc(C)cc(C(=O)O[C@H](C)C(=O)Nc2ccc(Cl)cn2)c1. The van der Waals surface area contributed by atoms with Gasteiger partial charge in [0.05, 0.1) is 10.6 Å². The van der Waals surface area contributed by atoms with Crippen LogP contribution < -0.4 is 5.32 Å². The van der Waals surface area contributed by atoms with E-state index in [1.807, 2.05) is 19.9 Å². The molecule has 1 aromatic carbocycles. The van der Waals surface area contributed by atoms with Crippen molar-refractivity contribution in [2.45, 2.75) is 26.9 Å². The summed E-state index contributed by atoms with van der Waals surface area (Å²) >= 11 is 5.73. The molecule has 1 amide bonds. The number of carbonyl (C=O) groups is 2. The molecule has 0 fully saturated rings. The van der Waals surface area contributed by atoms with Gasteiger partial charge in [0.2, 0.25) is 0 Å². The first-order valence-corrected chi connectivity index (χ1v) is 7.44. The van der Waals surface area contributed by atoms with Crippen LogP contribution in [-0.4, -0.2) is 23.0 Å². The third-order valence-electron chi connectivity index (χ3n) is 3.09. The molecule has 1 aromatic heterocycles. The summed E-state index contributed by atoms with van der Waals surface area (Å²) in [6.45, 7) is 5.30. The molecule has 23 heavy (non-hydrogen) atoms. The standard InChI is InChI=1S/C17H17ClN2O3/c1-10-6-11(2)8-13(7-10)17(22)23-12(3)16(21)20-15-5-4-14(18)9-19-15/h4-9,12H,1-3H3,(H,19,20,21)/t12-/m1/s1. The number of esters is 1. The summed E-state index contributed by atoms with van der Waals surface area (Å²) in [7, 11) is 0. The van der Waals surface area contributed by atoms with Crippen LogP contribution >= 0.6 is 11.6 Å². The highest BCUT2D eigenvalue weighted by Gasteiger charge is 2.19. The summed E-state index contributed by atoms with van der Waals surface area (Å²) in [5.74, 6) is -0.658. The molecule has 0 saturated heterocycles. The first kappa shape index (κ1) is 17.0. The summed E-state index contributed by atoms with van der Waals surface area (Å²) in [6, 6.07) is 8.58. The lowest BCUT2D eigenvalue weighted by atomic mass is 10.1. The minimum atomic E-state index is -0.944. The van der Waals surface area contributed by atoms with Crippen LogP contribution in [0, 0.1) is 13.8 Å². The molecule has 0 radical (unpaired) electrons. The van der Waals surface area contributed by atoms with Gasteiger partial charge in [-0.3, -0.25) is 4.79 Å². The topological polar surface area (TPSA) is 68.3 Å². The molecule has 5 nitrogen and oxygen atoms in total. The molecule has 2 aromatic rings. The van der Waals surface area contributed by atoms with E-state index in [9.17, 15) is 9.59 Å². The average Bonchev–Trinajstić information content (AvgIpc) is 2.48. The summed E-state index contributed by atoms with van der Waals surface area (Å²) < 4.78 is 5.20. The molecule has 6 heteroatoms. The zero-order valence-electron chi connectivity index (χ0n) is 13.1. The summed E-state index contributed by atoms with van der Waals surface area (Å²) in [4.78, 5) is 28.1. The van der Waals surface area contributed by atoms with E-state index in [1.165, 1.54) is 13.1 Å². The number of aromatic nitrogens is 1. The van der Waals surface area contributed by atoms with Gasteiger partial charge in [-0.2, -0.15) is 0 Å². The lowest BCUT2D eigenvalue weighted by molar-refractivity contribution is -0.123. The van der Waals surface area contributed by atoms with Crippen molar-refractivity contribution in [2.24, 2.45) is 0 Å². The second-order valence-corrected chi connectivity index (χ2v) is 5.71. The lowest BCUT2D eigenvalue weighted by Gasteiger charge is -2.13. The highest BCUT2D eigenvalue weighted by atomic mass is 35.5. The Bertz CT molecular complexity index is 709. The number of pyridine rings is 1. The Labute approximate surface area is 139 Å². The third-order valence-corrected chi connectivity index (χ3v) is 3.31. The van der Waals surface area contributed by atoms with E-state index in [0.717, 1.165) is 11.1 Å². The minimum absolute atomic E-state index is 0.341. The molecular weight excluding hydrogens is 316 g/mol. The molecule has 0 spiro atoms. The summed E-state index contributed by atoms with van der Waals surface area (Å²) in [5, 5.41) is 3.03. The second kappa shape index (κ2) is 7.24. The number of ether oxygens (including phenoxy) is 1. The number of aryl methyl sites for hydroxylation is 2. The molecular formula is C17H17ClN2O3. The van der Waals surface area contributed by atoms with Crippen LogP contribution in [0.25, 0.3) is 0 Å². The number of hydrogen-bond donors (Lipinski definition) is 1. The van der Waals surface area contributed by atoms with E-state index in [2.05, 4.69) is 10.3 Å². The first-order valence-electron chi connectivity index (χ1n) is 7.07. The number of benzene rings is 1. The number of hydrogen-bond acceptors (Lipinski definition) is 4. The van der Waals surface area contributed by atoms with E-state index in [1.54, 1.807) is 24.3 Å². The van der Waals surface area contributed by atoms with Gasteiger partial charge in [0.15, 0.2) is 6.10 Å². The van der Waals surface area contributed by atoms with Crippen molar-refractivity contribution in [1.29, 1.82) is 0 Å². The number of carbonyl (C=O) groups excluding carboxylic acids is 2. The Balaban J connectivity index is 1.99. The number of rotatable bonds is 4. The van der Waals surface area contributed by atoms with Gasteiger partial charge in [0, 0.05) is 6.20 Å². The fourth-order valence-electron chi connectivity index (χ4n) is 2.05. The summed E-state index contributed by atoms with van der Waals surface area (Å²) in [6.07, 6.45) is 0.476. The molecule has 0 unspecified atom stereocenters. The average molecular weight is 333 g/mol. The Morgan fingerprint density at radius 3 is 2.39 bits per heavy atom. The fourth-order valence-corrected chi connectivity index (χ4v) is 2.16. The highest BCUT2D eigenvalue weighted by molar-refractivity contribution is 6.30. The van der Waals surface area contributed by atoms with E-state index >= 15 is 0 Å². The van der Waals surface area contributed by atoms with Crippen molar-refractivity contribution in [3.05, 3.63) is 58.2 Å². The smallest absolute Gasteiger partial charge is 0.338 e. The molecule has 0 aliphatic heterocycles. The third kappa shape index (κ3) is 4.79. The van der Waals surface area contributed by atoms with Gasteiger partial charge >= 0.3 is 5.97 Å². The van der Waals surface area contributed by atoms with Gasteiger partial charge in [-0.15, -0.1) is 0 Å². The zero-order chi connectivity index (χ0) is 17.0. The van der Waals surface area contributed by atoms with Crippen molar-refractivity contribution in [2.75, 3.05) is 5.32 Å². The zero-order valence-corrected chi connectivity index (χ0v) is 13.8. The van der Waals surface area contributed by atoms with Crippen LogP contribution in [0.5, 0.6) is 0 Å². The fraction of sp³-hybridized carbons (Fsp3) is 0.235. The molecule has 0 aliphatic rings. The largest absolute Gasteiger partial charge is 0.449 e. The number of nitrogens with zero attached hydrogens (tertiary/aromatic N) is 1. The maximum absolute atomic E-state index is 12.1. The minimum Gasteiger partial charge on any atom is -0.449 e. The summed E-state index contributed by atoms with van der Waals surface area (Å²) in [5.41, 5.74) is 2.34. The molecule has 0 saturated carbocycles. The van der Waals surface area contributed by atoms with Gasteiger partial charge in [0.1, 0.15) is 5.82 Å². The Kier molecular flexibility index (Phi) is 5.34. The Morgan fingerprint density at radius 2 is 1.83 bits per heavy atom. The van der Waals surface area contributed by atoms with Crippen LogP contribution in [-0.2, 0) is 9.53 Å². The number of anilines is 1. The predicted octanol–water partition coefficient (Wildman–Crippen LogP) is 3.54. The van der Waals surface area contributed by atoms with Crippen LogP contribution in [0.2, 0.25) is 5.02 Å². The van der Waals surface area contributed by atoms with Crippen LogP contribution in [0.3, 0.4) is 0 Å². The van der Waals surface area contributed by atoms with Gasteiger partial charge in [-0.1, -0.05) is 28.8 Å². The van der Waals surface area contributed by atoms with Crippen LogP contribution in [0.15, 0.2) is 36.5 Å². The lowest BCUT2D eigenvalue weighted by Crippen LogP contribution is -2.30. The number of nitrogens with one attached hydrogen (secondary N) is 1. The molecule has 0 aliphatic carbocycles. The Morgan fingerprint density at radius 1 is 1.17 bits per heavy atom. The number of amides is 1. The van der Waals surface area contributed by atoms with Crippen molar-refractivity contribution in [1.82, 2.24) is 4.98 Å². The maximum atomic E-state index is 12.1. The quantitative estimate of drug-likeness (QED) is 0.869. The Hall–Kier alpha value is -2.40. The van der Waals surface area contributed by atoms with Crippen molar-refractivity contribution >= 4 is 29.3 Å². The first-order chi connectivity index (χ1) is 10.8.